The molecule has 1 heterocycles. The molecule has 148 valence electrons. The first-order valence-electron chi connectivity index (χ1n) is 9.57. The summed E-state index contributed by atoms with van der Waals surface area (Å²) in [5.74, 6) is -0.451. The number of nitrogens with zero attached hydrogens (tertiary/aromatic N) is 1. The molecule has 0 spiro atoms. The van der Waals surface area contributed by atoms with Gasteiger partial charge in [-0.2, -0.15) is 13.2 Å². The maximum atomic E-state index is 12.9. The minimum absolute atomic E-state index is 0.0385. The molecule has 0 aromatic heterocycles. The van der Waals surface area contributed by atoms with Crippen LogP contribution in [-0.4, -0.2) is 29.3 Å². The first-order valence-corrected chi connectivity index (χ1v) is 9.57. The lowest BCUT2D eigenvalue weighted by atomic mass is 9.92. The lowest BCUT2D eigenvalue weighted by Crippen LogP contribution is -2.47. The third kappa shape index (κ3) is 5.23. The zero-order valence-corrected chi connectivity index (χ0v) is 15.2. The van der Waals surface area contributed by atoms with Gasteiger partial charge in [-0.3, -0.25) is 9.59 Å². The van der Waals surface area contributed by atoms with E-state index < -0.39 is 11.7 Å². The number of hydrogen-bond acceptors (Lipinski definition) is 2. The van der Waals surface area contributed by atoms with E-state index in [0.717, 1.165) is 37.8 Å². The van der Waals surface area contributed by atoms with Crippen LogP contribution in [0.5, 0.6) is 0 Å². The molecule has 2 amide bonds. The van der Waals surface area contributed by atoms with Gasteiger partial charge in [-0.15, -0.1) is 0 Å². The van der Waals surface area contributed by atoms with Gasteiger partial charge in [-0.05, 0) is 37.0 Å². The number of alkyl halides is 3. The number of hydrogen-bond donors (Lipinski definition) is 1. The second-order valence-electron chi connectivity index (χ2n) is 7.55. The summed E-state index contributed by atoms with van der Waals surface area (Å²) in [5, 5.41) is 3.09. The highest BCUT2D eigenvalue weighted by Crippen LogP contribution is 2.30. The number of benzene rings is 1. The molecule has 1 aromatic carbocycles. The van der Waals surface area contributed by atoms with Crippen molar-refractivity contribution in [3.8, 4) is 0 Å². The summed E-state index contributed by atoms with van der Waals surface area (Å²) < 4.78 is 38.6. The zero-order valence-electron chi connectivity index (χ0n) is 15.2. The highest BCUT2D eigenvalue weighted by Gasteiger charge is 2.33. The predicted molar refractivity (Wildman–Crippen MR) is 94.6 cm³/mol. The number of rotatable bonds is 4. The predicted octanol–water partition coefficient (Wildman–Crippen LogP) is 3.89. The molecule has 7 heteroatoms. The van der Waals surface area contributed by atoms with Crippen LogP contribution in [0.25, 0.3) is 0 Å². The zero-order chi connectivity index (χ0) is 19.4. The van der Waals surface area contributed by atoms with Crippen molar-refractivity contribution >= 4 is 11.8 Å². The van der Waals surface area contributed by atoms with Crippen molar-refractivity contribution in [2.75, 3.05) is 6.54 Å². The number of nitrogens with one attached hydrogen (secondary N) is 1. The van der Waals surface area contributed by atoms with Gasteiger partial charge in [0.1, 0.15) is 0 Å². The Bertz CT molecular complexity index is 684. The Morgan fingerprint density at radius 2 is 1.89 bits per heavy atom. The van der Waals surface area contributed by atoms with Gasteiger partial charge in [-0.1, -0.05) is 31.4 Å². The van der Waals surface area contributed by atoms with E-state index in [2.05, 4.69) is 5.32 Å². The van der Waals surface area contributed by atoms with Crippen LogP contribution in [0.3, 0.4) is 0 Å². The van der Waals surface area contributed by atoms with E-state index >= 15 is 0 Å². The molecule has 2 fully saturated rings. The lowest BCUT2D eigenvalue weighted by Gasteiger charge is -2.33. The van der Waals surface area contributed by atoms with Gasteiger partial charge in [0, 0.05) is 25.6 Å². The summed E-state index contributed by atoms with van der Waals surface area (Å²) in [5.41, 5.74) is -0.303. The van der Waals surface area contributed by atoms with Crippen LogP contribution in [0.2, 0.25) is 0 Å². The van der Waals surface area contributed by atoms with Gasteiger partial charge in [0.2, 0.25) is 11.8 Å². The van der Waals surface area contributed by atoms with Crippen LogP contribution in [-0.2, 0) is 22.3 Å². The van der Waals surface area contributed by atoms with E-state index in [9.17, 15) is 22.8 Å². The van der Waals surface area contributed by atoms with Gasteiger partial charge in [-0.25, -0.2) is 0 Å². The second-order valence-corrected chi connectivity index (χ2v) is 7.55. The first kappa shape index (κ1) is 19.7. The number of piperidine rings is 1. The van der Waals surface area contributed by atoms with Crippen molar-refractivity contribution < 1.29 is 22.8 Å². The molecule has 1 saturated heterocycles. The van der Waals surface area contributed by atoms with Crippen molar-refractivity contribution in [1.29, 1.82) is 0 Å². The maximum Gasteiger partial charge on any atom is 0.416 e. The summed E-state index contributed by atoms with van der Waals surface area (Å²) in [6.07, 6.45) is 1.76. The molecule has 0 unspecified atom stereocenters. The van der Waals surface area contributed by atoms with Crippen LogP contribution < -0.4 is 5.32 Å². The van der Waals surface area contributed by atoms with Gasteiger partial charge >= 0.3 is 6.18 Å². The van der Waals surface area contributed by atoms with Crippen LogP contribution in [0, 0.1) is 5.92 Å². The van der Waals surface area contributed by atoms with Crippen LogP contribution in [0.4, 0.5) is 13.2 Å². The summed E-state index contributed by atoms with van der Waals surface area (Å²) in [6.45, 7) is 0.351. The maximum absolute atomic E-state index is 12.9. The molecule has 1 aliphatic carbocycles. The number of carbonyl (C=O) groups is 2. The van der Waals surface area contributed by atoms with E-state index in [0.29, 0.717) is 12.0 Å². The molecule has 1 atom stereocenters. The molecule has 1 aromatic rings. The molecule has 0 radical (unpaired) electrons. The van der Waals surface area contributed by atoms with E-state index in [1.54, 1.807) is 6.07 Å². The molecule has 27 heavy (non-hydrogen) atoms. The molecule has 1 N–H and O–H groups in total. The normalized spacial score (nSPS) is 22.0. The molecule has 0 bridgehead atoms. The van der Waals surface area contributed by atoms with Crippen LogP contribution >= 0.6 is 0 Å². The summed E-state index contributed by atoms with van der Waals surface area (Å²) >= 11 is 0. The van der Waals surface area contributed by atoms with E-state index in [1.807, 2.05) is 0 Å². The monoisotopic (exact) mass is 382 g/mol. The quantitative estimate of drug-likeness (QED) is 0.859. The second kappa shape index (κ2) is 8.31. The lowest BCUT2D eigenvalue weighted by molar-refractivity contribution is -0.139. The molecular weight excluding hydrogens is 357 g/mol. The fourth-order valence-electron chi connectivity index (χ4n) is 3.91. The third-order valence-electron chi connectivity index (χ3n) is 5.45. The summed E-state index contributed by atoms with van der Waals surface area (Å²) in [7, 11) is 0. The molecule has 2 aliphatic rings. The Morgan fingerprint density at radius 1 is 1.15 bits per heavy atom. The fraction of sp³-hybridized carbons (Fsp3) is 0.600. The van der Waals surface area contributed by atoms with Gasteiger partial charge in [0.05, 0.1) is 11.5 Å². The first-order chi connectivity index (χ1) is 12.8. The minimum Gasteiger partial charge on any atom is -0.353 e. The molecule has 1 aliphatic heterocycles. The van der Waals surface area contributed by atoms with Crippen molar-refractivity contribution in [1.82, 2.24) is 10.2 Å². The largest absolute Gasteiger partial charge is 0.416 e. The van der Waals surface area contributed by atoms with E-state index in [4.69, 9.17) is 0 Å². The van der Waals surface area contributed by atoms with Gasteiger partial charge in [0.15, 0.2) is 0 Å². The minimum atomic E-state index is -4.41. The Labute approximate surface area is 157 Å². The number of halogens is 3. The molecule has 3 rings (SSSR count). The smallest absolute Gasteiger partial charge is 0.353 e. The van der Waals surface area contributed by atoms with Crippen molar-refractivity contribution in [2.45, 2.75) is 63.7 Å². The average Bonchev–Trinajstić information content (AvgIpc) is 2.64. The molecule has 4 nitrogen and oxygen atoms in total. The highest BCUT2D eigenvalue weighted by atomic mass is 19.4. The van der Waals surface area contributed by atoms with Gasteiger partial charge < -0.3 is 10.2 Å². The highest BCUT2D eigenvalue weighted by molar-refractivity contribution is 5.84. The van der Waals surface area contributed by atoms with Crippen LogP contribution in [0.1, 0.15) is 56.1 Å². The SMILES string of the molecule is O=C(NC1CCCCC1)[C@H]1CCC(=O)N(Cc2cccc(C(F)(F)F)c2)C1. The molecular formula is C20H25F3N2O2. The Balaban J connectivity index is 1.61. The molecule has 1 saturated carbocycles. The summed E-state index contributed by atoms with van der Waals surface area (Å²) in [6, 6.07) is 5.22. The number of carbonyl (C=O) groups excluding carboxylic acids is 2. The summed E-state index contributed by atoms with van der Waals surface area (Å²) in [4.78, 5) is 26.3. The Morgan fingerprint density at radius 3 is 2.59 bits per heavy atom. The average molecular weight is 382 g/mol. The Kier molecular flexibility index (Phi) is 6.07. The van der Waals surface area contributed by atoms with Crippen LogP contribution in [0.15, 0.2) is 24.3 Å². The topological polar surface area (TPSA) is 49.4 Å². The standard InChI is InChI=1S/C20H25F3N2O2/c21-20(22,23)16-6-4-5-14(11-16)12-25-13-15(9-10-18(25)26)19(27)24-17-7-2-1-3-8-17/h4-6,11,15,17H,1-3,7-10,12-13H2,(H,24,27)/t15-/m0/s1. The fourth-order valence-corrected chi connectivity index (χ4v) is 3.91. The van der Waals surface area contributed by atoms with E-state index in [1.165, 1.54) is 17.4 Å². The van der Waals surface area contributed by atoms with Crippen molar-refractivity contribution in [3.05, 3.63) is 35.4 Å². The number of likely N-dealkylation sites (tertiary alicyclic amines) is 1. The van der Waals surface area contributed by atoms with Crippen molar-refractivity contribution in [3.63, 3.8) is 0 Å². The Hall–Kier alpha value is -2.05. The third-order valence-corrected chi connectivity index (χ3v) is 5.45. The number of amides is 2. The van der Waals surface area contributed by atoms with Gasteiger partial charge in [0.25, 0.3) is 0 Å². The van der Waals surface area contributed by atoms with Crippen molar-refractivity contribution in [2.24, 2.45) is 5.92 Å². The van der Waals surface area contributed by atoms with E-state index in [-0.39, 0.29) is 43.3 Å².